The van der Waals surface area contributed by atoms with E-state index in [-0.39, 0.29) is 0 Å². The molecule has 0 aromatic heterocycles. The quantitative estimate of drug-likeness (QED) is 0.696. The van der Waals surface area contributed by atoms with Gasteiger partial charge in [-0.3, -0.25) is 9.59 Å². The van der Waals surface area contributed by atoms with Gasteiger partial charge in [-0.15, -0.1) is 0 Å². The van der Waals surface area contributed by atoms with Crippen LogP contribution in [0.1, 0.15) is 66.2 Å². The molecule has 0 rings (SSSR count). The molecule has 0 bridgehead atoms. The zero-order valence-electron chi connectivity index (χ0n) is 12.1. The summed E-state index contributed by atoms with van der Waals surface area (Å²) in [5.41, 5.74) is 0. The van der Waals surface area contributed by atoms with Crippen LogP contribution < -0.4 is 0 Å². The number of hydrogen-bond acceptors (Lipinski definition) is 2. The number of hydrogen-bond donors (Lipinski definition) is 2. The van der Waals surface area contributed by atoms with E-state index in [1.807, 2.05) is 0 Å². The molecule has 4 nitrogen and oxygen atoms in total. The maximum absolute atomic E-state index is 9.98. The molecule has 108 valence electrons. The molecule has 0 aromatic carbocycles. The number of carboxylic acid groups (broad SMARTS) is 2. The highest BCUT2D eigenvalue weighted by atomic mass is 16.4. The summed E-state index contributed by atoms with van der Waals surface area (Å²) >= 11 is 0. The van der Waals surface area contributed by atoms with Gasteiger partial charge in [-0.1, -0.05) is 40.5 Å². The van der Waals surface area contributed by atoms with Crippen LogP contribution in [0.4, 0.5) is 0 Å². The van der Waals surface area contributed by atoms with Crippen LogP contribution in [0.25, 0.3) is 0 Å². The maximum atomic E-state index is 9.98. The van der Waals surface area contributed by atoms with Gasteiger partial charge in [0.25, 0.3) is 0 Å². The van der Waals surface area contributed by atoms with Crippen LogP contribution in [0.5, 0.6) is 0 Å². The first-order valence-corrected chi connectivity index (χ1v) is 6.69. The van der Waals surface area contributed by atoms with E-state index in [1.54, 1.807) is 0 Å². The summed E-state index contributed by atoms with van der Waals surface area (Å²) in [7, 11) is 0. The first kappa shape index (κ1) is 19.3. The van der Waals surface area contributed by atoms with Crippen molar-refractivity contribution in [3.05, 3.63) is 0 Å². The Bertz CT molecular complexity index is 198. The summed E-state index contributed by atoms with van der Waals surface area (Å²) in [5.74, 6) is -0.111. The normalized spacial score (nSPS) is 10.1. The van der Waals surface area contributed by atoms with Gasteiger partial charge in [0.05, 0.1) is 0 Å². The minimum atomic E-state index is -0.685. The average molecular weight is 260 g/mol. The smallest absolute Gasteiger partial charge is 0.303 e. The first-order chi connectivity index (χ1) is 8.25. The number of aliphatic carboxylic acids is 2. The number of carboxylic acids is 2. The lowest BCUT2D eigenvalue weighted by Crippen LogP contribution is -1.95. The molecule has 0 aliphatic rings. The molecule has 0 amide bonds. The first-order valence-electron chi connectivity index (χ1n) is 6.69. The zero-order chi connectivity index (χ0) is 14.6. The van der Waals surface area contributed by atoms with E-state index in [9.17, 15) is 9.59 Å². The molecular formula is C14H28O4. The summed E-state index contributed by atoms with van der Waals surface area (Å²) in [5, 5.41) is 16.5. The third-order valence-corrected chi connectivity index (χ3v) is 2.34. The van der Waals surface area contributed by atoms with Crippen molar-refractivity contribution in [3.63, 3.8) is 0 Å². The molecule has 0 atom stereocenters. The van der Waals surface area contributed by atoms with Crippen LogP contribution in [-0.2, 0) is 9.59 Å². The predicted molar refractivity (Wildman–Crippen MR) is 72.6 cm³/mol. The molecule has 18 heavy (non-hydrogen) atoms. The average Bonchev–Trinajstić information content (AvgIpc) is 2.15. The van der Waals surface area contributed by atoms with Gasteiger partial charge in [-0.05, 0) is 24.7 Å². The minimum absolute atomic E-state index is 0.318. The second-order valence-electron chi connectivity index (χ2n) is 5.36. The van der Waals surface area contributed by atoms with Gasteiger partial charge in [-0.2, -0.15) is 0 Å². The Labute approximate surface area is 110 Å². The SMILES string of the molecule is CC(C)CCCC(=O)O.CC(C)CCCC(=O)O. The van der Waals surface area contributed by atoms with Crippen LogP contribution in [0, 0.1) is 11.8 Å². The van der Waals surface area contributed by atoms with Crippen LogP contribution in [0.3, 0.4) is 0 Å². The highest BCUT2D eigenvalue weighted by Crippen LogP contribution is 2.05. The molecule has 0 fully saturated rings. The van der Waals surface area contributed by atoms with E-state index in [1.165, 1.54) is 0 Å². The predicted octanol–water partition coefficient (Wildman–Crippen LogP) is 3.79. The second kappa shape index (κ2) is 12.4. The van der Waals surface area contributed by atoms with E-state index >= 15 is 0 Å². The monoisotopic (exact) mass is 260 g/mol. The zero-order valence-corrected chi connectivity index (χ0v) is 12.1. The Kier molecular flexibility index (Phi) is 13.3. The molecule has 0 heterocycles. The highest BCUT2D eigenvalue weighted by Gasteiger charge is 1.98. The summed E-state index contributed by atoms with van der Waals surface area (Å²) in [6, 6.07) is 0. The Balaban J connectivity index is 0. The Morgan fingerprint density at radius 1 is 0.778 bits per heavy atom. The summed E-state index contributed by atoms with van der Waals surface area (Å²) < 4.78 is 0. The molecular weight excluding hydrogens is 232 g/mol. The Morgan fingerprint density at radius 3 is 1.22 bits per heavy atom. The third kappa shape index (κ3) is 24.3. The fourth-order valence-corrected chi connectivity index (χ4v) is 1.32. The molecule has 0 aliphatic heterocycles. The van der Waals surface area contributed by atoms with E-state index < -0.39 is 11.9 Å². The Hall–Kier alpha value is -1.06. The molecule has 0 saturated heterocycles. The fourth-order valence-electron chi connectivity index (χ4n) is 1.32. The van der Waals surface area contributed by atoms with Crippen LogP contribution in [0.15, 0.2) is 0 Å². The van der Waals surface area contributed by atoms with Gasteiger partial charge in [-0.25, -0.2) is 0 Å². The fraction of sp³-hybridized carbons (Fsp3) is 0.857. The molecule has 0 radical (unpaired) electrons. The van der Waals surface area contributed by atoms with Crippen molar-refractivity contribution in [1.82, 2.24) is 0 Å². The molecule has 0 aromatic rings. The molecule has 2 N–H and O–H groups in total. The molecule has 4 heteroatoms. The maximum Gasteiger partial charge on any atom is 0.303 e. The lowest BCUT2D eigenvalue weighted by molar-refractivity contribution is -0.138. The van der Waals surface area contributed by atoms with Gasteiger partial charge >= 0.3 is 11.9 Å². The standard InChI is InChI=1S/2C7H14O2/c2*1-6(2)4-3-5-7(8)9/h2*6H,3-5H2,1-2H3,(H,8,9). The Morgan fingerprint density at radius 2 is 1.06 bits per heavy atom. The van der Waals surface area contributed by atoms with Gasteiger partial charge in [0.15, 0.2) is 0 Å². The van der Waals surface area contributed by atoms with Crippen LogP contribution in [0.2, 0.25) is 0 Å². The molecule has 0 unspecified atom stereocenters. The van der Waals surface area contributed by atoms with Crippen molar-refractivity contribution in [1.29, 1.82) is 0 Å². The molecule has 0 saturated carbocycles. The minimum Gasteiger partial charge on any atom is -0.481 e. The number of rotatable bonds is 8. The van der Waals surface area contributed by atoms with Crippen molar-refractivity contribution >= 4 is 11.9 Å². The topological polar surface area (TPSA) is 74.6 Å². The van der Waals surface area contributed by atoms with E-state index in [2.05, 4.69) is 27.7 Å². The van der Waals surface area contributed by atoms with Crippen LogP contribution >= 0.6 is 0 Å². The van der Waals surface area contributed by atoms with E-state index in [0.717, 1.165) is 25.7 Å². The van der Waals surface area contributed by atoms with Gasteiger partial charge in [0, 0.05) is 12.8 Å². The summed E-state index contributed by atoms with van der Waals surface area (Å²) in [6.45, 7) is 8.40. The molecule has 0 aliphatic carbocycles. The van der Waals surface area contributed by atoms with Crippen molar-refractivity contribution in [2.75, 3.05) is 0 Å². The highest BCUT2D eigenvalue weighted by molar-refractivity contribution is 5.66. The molecule has 0 spiro atoms. The van der Waals surface area contributed by atoms with E-state index in [0.29, 0.717) is 24.7 Å². The van der Waals surface area contributed by atoms with Gasteiger partial charge in [0.1, 0.15) is 0 Å². The second-order valence-corrected chi connectivity index (χ2v) is 5.36. The van der Waals surface area contributed by atoms with E-state index in [4.69, 9.17) is 10.2 Å². The van der Waals surface area contributed by atoms with Crippen molar-refractivity contribution in [3.8, 4) is 0 Å². The lowest BCUT2D eigenvalue weighted by atomic mass is 10.1. The van der Waals surface area contributed by atoms with Crippen molar-refractivity contribution < 1.29 is 19.8 Å². The largest absolute Gasteiger partial charge is 0.481 e. The third-order valence-electron chi connectivity index (χ3n) is 2.34. The number of carbonyl (C=O) groups is 2. The summed E-state index contributed by atoms with van der Waals surface area (Å²) in [4.78, 5) is 20.0. The van der Waals surface area contributed by atoms with Crippen molar-refractivity contribution in [2.45, 2.75) is 66.2 Å². The van der Waals surface area contributed by atoms with Gasteiger partial charge < -0.3 is 10.2 Å². The summed E-state index contributed by atoms with van der Waals surface area (Å²) in [6.07, 6.45) is 4.30. The lowest BCUT2D eigenvalue weighted by Gasteiger charge is -1.99. The van der Waals surface area contributed by atoms with Gasteiger partial charge in [0.2, 0.25) is 0 Å². The van der Waals surface area contributed by atoms with Crippen molar-refractivity contribution in [2.24, 2.45) is 11.8 Å². The van der Waals surface area contributed by atoms with Crippen LogP contribution in [-0.4, -0.2) is 22.2 Å².